The molecule has 178 valence electrons. The van der Waals surface area contributed by atoms with Gasteiger partial charge in [0.2, 0.25) is 0 Å². The molecule has 0 saturated heterocycles. The Morgan fingerprint density at radius 3 is 0.968 bits per heavy atom. The van der Waals surface area contributed by atoms with E-state index in [4.69, 9.17) is 0 Å². The average molecular weight is 429 g/mol. The smallest absolute Gasteiger partial charge is 0.00135 e. The van der Waals surface area contributed by atoms with Crippen molar-refractivity contribution in [3.63, 3.8) is 0 Å². The molecular formula is C29H52N2. The summed E-state index contributed by atoms with van der Waals surface area (Å²) < 4.78 is 0. The van der Waals surface area contributed by atoms with Crippen LogP contribution in [0.25, 0.3) is 11.1 Å². The van der Waals surface area contributed by atoms with Crippen molar-refractivity contribution in [3.05, 3.63) is 59.7 Å². The lowest BCUT2D eigenvalue weighted by atomic mass is 10.1. The topological polar surface area (TPSA) is 6.48 Å². The molecule has 0 aromatic heterocycles. The lowest BCUT2D eigenvalue weighted by Crippen LogP contribution is -2.21. The van der Waals surface area contributed by atoms with Crippen LogP contribution in [0.1, 0.15) is 80.4 Å². The molecule has 0 spiro atoms. The highest BCUT2D eigenvalue weighted by Crippen LogP contribution is 2.35. The molecule has 0 N–H and O–H groups in total. The van der Waals surface area contributed by atoms with E-state index in [2.05, 4.69) is 99.9 Å². The van der Waals surface area contributed by atoms with E-state index < -0.39 is 0 Å². The highest BCUT2D eigenvalue weighted by atomic mass is 15.1. The van der Waals surface area contributed by atoms with Crippen molar-refractivity contribution < 1.29 is 0 Å². The second-order valence-corrected chi connectivity index (χ2v) is 6.73. The maximum atomic E-state index is 2.38. The molecule has 3 rings (SSSR count). The van der Waals surface area contributed by atoms with Gasteiger partial charge in [0.05, 0.1) is 0 Å². The lowest BCUT2D eigenvalue weighted by Gasteiger charge is -2.13. The summed E-state index contributed by atoms with van der Waals surface area (Å²) >= 11 is 0. The van der Waals surface area contributed by atoms with Gasteiger partial charge in [-0.1, -0.05) is 118 Å². The van der Waals surface area contributed by atoms with Crippen LogP contribution in [0.2, 0.25) is 0 Å². The number of nitrogens with zero attached hydrogens (tertiary/aromatic N) is 2. The number of fused-ring (bicyclic) bond motifs is 3. The van der Waals surface area contributed by atoms with Gasteiger partial charge < -0.3 is 9.80 Å². The first-order valence-corrected chi connectivity index (χ1v) is 12.8. The molecule has 2 aromatic carbocycles. The summed E-state index contributed by atoms with van der Waals surface area (Å²) in [6.07, 6.45) is 1.10. The van der Waals surface area contributed by atoms with E-state index in [1.807, 2.05) is 27.7 Å². The summed E-state index contributed by atoms with van der Waals surface area (Å²) in [4.78, 5) is 4.75. The van der Waals surface area contributed by atoms with Gasteiger partial charge in [-0.2, -0.15) is 0 Å². The third-order valence-corrected chi connectivity index (χ3v) is 5.39. The largest absolute Gasteiger partial charge is 0.304 e. The van der Waals surface area contributed by atoms with Crippen LogP contribution in [0.5, 0.6) is 0 Å². The van der Waals surface area contributed by atoms with E-state index in [-0.39, 0.29) is 0 Å². The minimum atomic E-state index is 1.10. The Morgan fingerprint density at radius 2 is 0.742 bits per heavy atom. The van der Waals surface area contributed by atoms with Crippen LogP contribution in [0.15, 0.2) is 48.5 Å². The standard InChI is InChI=1S/C13H10.2C6H15N.2C2H6/c1-3-7-12-10(5-1)9-11-6-2-4-8-13(11)12;2*1-4-7(5-2)6-3;2*1-2/h1-8H,9H2;2*4-6H2,1-3H3;2*1-2H3. The molecule has 0 fully saturated rings. The molecule has 0 radical (unpaired) electrons. The zero-order valence-electron chi connectivity index (χ0n) is 22.5. The number of hydrogen-bond acceptors (Lipinski definition) is 2. The molecule has 2 nitrogen and oxygen atoms in total. The van der Waals surface area contributed by atoms with Crippen LogP contribution in [0.4, 0.5) is 0 Å². The fourth-order valence-corrected chi connectivity index (χ4v) is 3.42. The van der Waals surface area contributed by atoms with E-state index in [1.54, 1.807) is 0 Å². The predicted molar refractivity (Wildman–Crippen MR) is 144 cm³/mol. The molecule has 0 bridgehead atoms. The van der Waals surface area contributed by atoms with E-state index >= 15 is 0 Å². The summed E-state index contributed by atoms with van der Waals surface area (Å²) in [6, 6.07) is 17.3. The highest BCUT2D eigenvalue weighted by molar-refractivity contribution is 5.76. The number of hydrogen-bond donors (Lipinski definition) is 0. The van der Waals surface area contributed by atoms with E-state index in [0.717, 1.165) is 6.42 Å². The molecule has 0 unspecified atom stereocenters. The summed E-state index contributed by atoms with van der Waals surface area (Å²) in [5, 5.41) is 0. The molecule has 2 heteroatoms. The maximum Gasteiger partial charge on any atom is -0.00135 e. The monoisotopic (exact) mass is 428 g/mol. The first-order chi connectivity index (χ1) is 15.1. The van der Waals surface area contributed by atoms with Crippen molar-refractivity contribution >= 4 is 0 Å². The van der Waals surface area contributed by atoms with Crippen molar-refractivity contribution in [1.82, 2.24) is 9.80 Å². The zero-order chi connectivity index (χ0) is 24.1. The molecule has 2 aromatic rings. The molecule has 1 aliphatic carbocycles. The number of rotatable bonds is 6. The lowest BCUT2D eigenvalue weighted by molar-refractivity contribution is 0.321. The van der Waals surface area contributed by atoms with Gasteiger partial charge in [0.25, 0.3) is 0 Å². The Balaban J connectivity index is 0. The molecule has 0 atom stereocenters. The second kappa shape index (κ2) is 21.6. The first kappa shape index (κ1) is 31.5. The fourth-order valence-electron chi connectivity index (χ4n) is 3.42. The average Bonchev–Trinajstić information content (AvgIpc) is 3.23. The minimum absolute atomic E-state index is 1.10. The highest BCUT2D eigenvalue weighted by Gasteiger charge is 2.15. The van der Waals surface area contributed by atoms with Gasteiger partial charge in [-0.3, -0.25) is 0 Å². The molecular weight excluding hydrogens is 376 g/mol. The Kier molecular flexibility index (Phi) is 22.0. The molecule has 0 amide bonds. The number of benzene rings is 2. The normalized spacial score (nSPS) is 10.2. The van der Waals surface area contributed by atoms with Gasteiger partial charge in [-0.05, 0) is 67.9 Å². The zero-order valence-corrected chi connectivity index (χ0v) is 22.5. The molecule has 0 saturated carbocycles. The summed E-state index contributed by atoms with van der Waals surface area (Å²) in [5.41, 5.74) is 5.75. The predicted octanol–water partition coefficient (Wildman–Crippen LogP) is 8.01. The summed E-state index contributed by atoms with van der Waals surface area (Å²) in [7, 11) is 0. The Bertz CT molecular complexity index is 562. The van der Waals surface area contributed by atoms with Gasteiger partial charge in [-0.15, -0.1) is 0 Å². The van der Waals surface area contributed by atoms with Gasteiger partial charge in [-0.25, -0.2) is 0 Å². The van der Waals surface area contributed by atoms with E-state index in [0.29, 0.717) is 0 Å². The Hall–Kier alpha value is -1.64. The van der Waals surface area contributed by atoms with Gasteiger partial charge in [0, 0.05) is 0 Å². The van der Waals surface area contributed by atoms with Crippen molar-refractivity contribution in [2.45, 2.75) is 75.7 Å². The third kappa shape index (κ3) is 12.1. The Morgan fingerprint density at radius 1 is 0.484 bits per heavy atom. The van der Waals surface area contributed by atoms with Crippen LogP contribution in [0, 0.1) is 0 Å². The van der Waals surface area contributed by atoms with Crippen LogP contribution < -0.4 is 0 Å². The van der Waals surface area contributed by atoms with E-state index in [9.17, 15) is 0 Å². The van der Waals surface area contributed by atoms with Crippen LogP contribution in [-0.2, 0) is 6.42 Å². The van der Waals surface area contributed by atoms with Gasteiger partial charge >= 0.3 is 0 Å². The molecule has 0 heterocycles. The van der Waals surface area contributed by atoms with Crippen LogP contribution >= 0.6 is 0 Å². The van der Waals surface area contributed by atoms with Crippen molar-refractivity contribution in [2.75, 3.05) is 39.3 Å². The maximum absolute atomic E-state index is 2.38. The Labute approximate surface area is 195 Å². The van der Waals surface area contributed by atoms with Crippen molar-refractivity contribution in [2.24, 2.45) is 0 Å². The SMILES string of the molecule is CC.CC.CCN(CC)CC.CCN(CC)CC.c1ccc2c(c1)Cc1ccccc1-2. The van der Waals surface area contributed by atoms with Crippen LogP contribution in [0.3, 0.4) is 0 Å². The van der Waals surface area contributed by atoms with Crippen LogP contribution in [-0.4, -0.2) is 49.1 Å². The van der Waals surface area contributed by atoms with E-state index in [1.165, 1.54) is 61.5 Å². The molecule has 31 heavy (non-hydrogen) atoms. The van der Waals surface area contributed by atoms with Crippen molar-refractivity contribution in [3.8, 4) is 11.1 Å². The van der Waals surface area contributed by atoms with Gasteiger partial charge in [0.15, 0.2) is 0 Å². The first-order valence-electron chi connectivity index (χ1n) is 12.8. The third-order valence-electron chi connectivity index (χ3n) is 5.39. The quantitative estimate of drug-likeness (QED) is 0.392. The summed E-state index contributed by atoms with van der Waals surface area (Å²) in [5.74, 6) is 0. The molecule has 1 aliphatic rings. The second-order valence-electron chi connectivity index (χ2n) is 6.73. The fraction of sp³-hybridized carbons (Fsp3) is 0.586. The summed E-state index contributed by atoms with van der Waals surface area (Å²) in [6.45, 7) is 28.2. The van der Waals surface area contributed by atoms with Crippen molar-refractivity contribution in [1.29, 1.82) is 0 Å². The minimum Gasteiger partial charge on any atom is -0.304 e. The molecule has 0 aliphatic heterocycles. The van der Waals surface area contributed by atoms with Gasteiger partial charge in [0.1, 0.15) is 0 Å².